The molecule has 62 valence electrons. The highest BCUT2D eigenvalue weighted by molar-refractivity contribution is 5.42. The number of nitrogens with zero attached hydrogens (tertiary/aromatic N) is 2. The van der Waals surface area contributed by atoms with Crippen molar-refractivity contribution in [3.63, 3.8) is 0 Å². The Morgan fingerprint density at radius 2 is 2.50 bits per heavy atom. The number of hydrogen-bond acceptors (Lipinski definition) is 3. The zero-order valence-electron chi connectivity index (χ0n) is 7.04. The normalized spacial score (nSPS) is 9.00. The smallest absolute Gasteiger partial charge is 0.127 e. The molecule has 0 aromatic carbocycles. The minimum Gasteiger partial charge on any atom is -0.370 e. The van der Waals surface area contributed by atoms with E-state index in [1.165, 1.54) is 0 Å². The number of nitrogens with one attached hydrogen (secondary N) is 1. The van der Waals surface area contributed by atoms with Gasteiger partial charge >= 0.3 is 0 Å². The zero-order valence-corrected chi connectivity index (χ0v) is 7.04. The number of pyridine rings is 1. The van der Waals surface area contributed by atoms with Gasteiger partial charge in [-0.3, -0.25) is 0 Å². The molecule has 1 N–H and O–H groups in total. The molecule has 0 spiro atoms. The van der Waals surface area contributed by atoms with Gasteiger partial charge in [0.05, 0.1) is 11.6 Å². The van der Waals surface area contributed by atoms with Crippen molar-refractivity contribution in [1.82, 2.24) is 4.98 Å². The van der Waals surface area contributed by atoms with Gasteiger partial charge in [0.25, 0.3) is 0 Å². The Morgan fingerprint density at radius 3 is 3.17 bits per heavy atom. The van der Waals surface area contributed by atoms with E-state index in [2.05, 4.69) is 23.3 Å². The highest BCUT2D eigenvalue weighted by Gasteiger charge is 1.93. The van der Waals surface area contributed by atoms with Gasteiger partial charge in [0.1, 0.15) is 5.82 Å². The lowest BCUT2D eigenvalue weighted by molar-refractivity contribution is 0.969. The first-order chi connectivity index (χ1) is 5.86. The molecule has 3 nitrogen and oxygen atoms in total. The van der Waals surface area contributed by atoms with E-state index >= 15 is 0 Å². The Kier molecular flexibility index (Phi) is 3.09. The third kappa shape index (κ3) is 2.24. The molecule has 0 unspecified atom stereocenters. The van der Waals surface area contributed by atoms with Gasteiger partial charge in [0, 0.05) is 12.7 Å². The van der Waals surface area contributed by atoms with Crippen molar-refractivity contribution in [2.75, 3.05) is 11.9 Å². The topological polar surface area (TPSA) is 48.7 Å². The van der Waals surface area contributed by atoms with Gasteiger partial charge in [0.2, 0.25) is 0 Å². The molecule has 0 saturated carbocycles. The van der Waals surface area contributed by atoms with E-state index in [0.717, 1.165) is 18.8 Å². The Morgan fingerprint density at radius 1 is 1.67 bits per heavy atom. The van der Waals surface area contributed by atoms with Crippen molar-refractivity contribution in [3.05, 3.63) is 23.9 Å². The maximum absolute atomic E-state index is 8.58. The van der Waals surface area contributed by atoms with Crippen molar-refractivity contribution in [3.8, 4) is 6.07 Å². The van der Waals surface area contributed by atoms with Crippen LogP contribution >= 0.6 is 0 Å². The number of anilines is 1. The first-order valence-corrected chi connectivity index (χ1v) is 3.97. The number of rotatable bonds is 3. The van der Waals surface area contributed by atoms with Gasteiger partial charge in [-0.05, 0) is 18.6 Å². The summed E-state index contributed by atoms with van der Waals surface area (Å²) in [5, 5.41) is 11.7. The maximum Gasteiger partial charge on any atom is 0.127 e. The lowest BCUT2D eigenvalue weighted by Crippen LogP contribution is -2.01. The second-order valence-electron chi connectivity index (χ2n) is 2.47. The van der Waals surface area contributed by atoms with E-state index in [0.29, 0.717) is 5.56 Å². The largest absolute Gasteiger partial charge is 0.370 e. The third-order valence-corrected chi connectivity index (χ3v) is 1.45. The van der Waals surface area contributed by atoms with E-state index in [-0.39, 0.29) is 0 Å². The molecule has 0 radical (unpaired) electrons. The first-order valence-electron chi connectivity index (χ1n) is 3.97. The molecule has 0 aliphatic carbocycles. The molecule has 0 fully saturated rings. The van der Waals surface area contributed by atoms with Crippen molar-refractivity contribution in [1.29, 1.82) is 5.26 Å². The van der Waals surface area contributed by atoms with Gasteiger partial charge in [-0.25, -0.2) is 4.98 Å². The highest BCUT2D eigenvalue weighted by atomic mass is 15.0. The fourth-order valence-corrected chi connectivity index (χ4v) is 0.850. The van der Waals surface area contributed by atoms with Crippen LogP contribution in [0.1, 0.15) is 18.9 Å². The molecule has 0 aliphatic heterocycles. The summed E-state index contributed by atoms with van der Waals surface area (Å²) in [6.45, 7) is 2.98. The molecule has 0 saturated heterocycles. The maximum atomic E-state index is 8.58. The number of nitriles is 1. The summed E-state index contributed by atoms with van der Waals surface area (Å²) >= 11 is 0. The van der Waals surface area contributed by atoms with Gasteiger partial charge < -0.3 is 5.32 Å². The van der Waals surface area contributed by atoms with Crippen LogP contribution in [0.3, 0.4) is 0 Å². The molecule has 12 heavy (non-hydrogen) atoms. The highest BCUT2D eigenvalue weighted by Crippen LogP contribution is 2.04. The van der Waals surface area contributed by atoms with Gasteiger partial charge in [-0.2, -0.15) is 5.26 Å². The molecular weight excluding hydrogens is 150 g/mol. The summed E-state index contributed by atoms with van der Waals surface area (Å²) in [5.41, 5.74) is 0.642. The monoisotopic (exact) mass is 161 g/mol. The summed E-state index contributed by atoms with van der Waals surface area (Å²) in [6, 6.07) is 5.50. The van der Waals surface area contributed by atoms with E-state index in [4.69, 9.17) is 5.26 Å². The van der Waals surface area contributed by atoms with Crippen LogP contribution in [0.4, 0.5) is 5.82 Å². The van der Waals surface area contributed by atoms with Crippen LogP contribution in [0.15, 0.2) is 18.3 Å². The predicted octanol–water partition coefficient (Wildman–Crippen LogP) is 1.78. The van der Waals surface area contributed by atoms with Gasteiger partial charge in [-0.1, -0.05) is 6.92 Å². The summed E-state index contributed by atoms with van der Waals surface area (Å²) in [7, 11) is 0. The van der Waals surface area contributed by atoms with Crippen molar-refractivity contribution < 1.29 is 0 Å². The molecule has 1 aromatic heterocycles. The Labute approximate surface area is 72.1 Å². The molecule has 1 aromatic rings. The van der Waals surface area contributed by atoms with Crippen LogP contribution in [0.2, 0.25) is 0 Å². The SMILES string of the molecule is CCCNc1cc(C#N)ccn1. The van der Waals surface area contributed by atoms with Crippen molar-refractivity contribution in [2.24, 2.45) is 0 Å². The molecule has 1 heterocycles. The quantitative estimate of drug-likeness (QED) is 0.735. The molecule has 0 aliphatic rings. The Hall–Kier alpha value is -1.56. The van der Waals surface area contributed by atoms with Crippen molar-refractivity contribution >= 4 is 5.82 Å². The van der Waals surface area contributed by atoms with E-state index in [9.17, 15) is 0 Å². The zero-order chi connectivity index (χ0) is 8.81. The van der Waals surface area contributed by atoms with E-state index < -0.39 is 0 Å². The molecule has 1 rings (SSSR count). The summed E-state index contributed by atoms with van der Waals surface area (Å²) < 4.78 is 0. The molecule has 3 heteroatoms. The lowest BCUT2D eigenvalue weighted by Gasteiger charge is -2.01. The minimum atomic E-state index is 0.642. The average molecular weight is 161 g/mol. The summed E-state index contributed by atoms with van der Waals surface area (Å²) in [4.78, 5) is 4.06. The van der Waals surface area contributed by atoms with Crippen LogP contribution in [0.5, 0.6) is 0 Å². The number of hydrogen-bond donors (Lipinski definition) is 1. The average Bonchev–Trinajstić information content (AvgIpc) is 2.15. The molecule has 0 atom stereocenters. The Balaban J connectivity index is 2.68. The van der Waals surface area contributed by atoms with E-state index in [1.54, 1.807) is 18.3 Å². The summed E-state index contributed by atoms with van der Waals surface area (Å²) in [5.74, 6) is 0.774. The summed E-state index contributed by atoms with van der Waals surface area (Å²) in [6.07, 6.45) is 2.69. The van der Waals surface area contributed by atoms with Crippen LogP contribution in [0, 0.1) is 11.3 Å². The van der Waals surface area contributed by atoms with Gasteiger partial charge in [0.15, 0.2) is 0 Å². The number of aromatic nitrogens is 1. The fourth-order valence-electron chi connectivity index (χ4n) is 0.850. The Bertz CT molecular complexity index is 288. The lowest BCUT2D eigenvalue weighted by atomic mass is 10.3. The van der Waals surface area contributed by atoms with Gasteiger partial charge in [-0.15, -0.1) is 0 Å². The van der Waals surface area contributed by atoms with Crippen LogP contribution in [0.25, 0.3) is 0 Å². The van der Waals surface area contributed by atoms with E-state index in [1.807, 2.05) is 0 Å². The standard InChI is InChI=1S/C9H11N3/c1-2-4-11-9-6-8(7-10)3-5-12-9/h3,5-6H,2,4H2,1H3,(H,11,12). The van der Waals surface area contributed by atoms with Crippen LogP contribution in [-0.4, -0.2) is 11.5 Å². The molecule has 0 bridgehead atoms. The second-order valence-corrected chi connectivity index (χ2v) is 2.47. The molecule has 0 amide bonds. The third-order valence-electron chi connectivity index (χ3n) is 1.45. The minimum absolute atomic E-state index is 0.642. The molecular formula is C9H11N3. The van der Waals surface area contributed by atoms with Crippen LogP contribution < -0.4 is 5.32 Å². The fraction of sp³-hybridized carbons (Fsp3) is 0.333. The predicted molar refractivity (Wildman–Crippen MR) is 47.7 cm³/mol. The second kappa shape index (κ2) is 4.35. The van der Waals surface area contributed by atoms with Crippen LogP contribution in [-0.2, 0) is 0 Å². The van der Waals surface area contributed by atoms with Crippen molar-refractivity contribution in [2.45, 2.75) is 13.3 Å². The first kappa shape index (κ1) is 8.54.